The molecular weight excluding hydrogens is 530 g/mol. The summed E-state index contributed by atoms with van der Waals surface area (Å²) in [4.78, 5) is 17.3. The molecule has 0 saturated carbocycles. The zero-order valence-corrected chi connectivity index (χ0v) is 25.9. The quantitative estimate of drug-likeness (QED) is 0.151. The van der Waals surface area contributed by atoms with E-state index in [1.807, 2.05) is 6.20 Å². The fourth-order valence-electron chi connectivity index (χ4n) is 5.14. The highest BCUT2D eigenvalue weighted by Gasteiger charge is 2.18. The number of H-pyrrole nitrogens is 1. The molecule has 0 radical (unpaired) electrons. The van der Waals surface area contributed by atoms with Crippen molar-refractivity contribution >= 4 is 11.6 Å². The highest BCUT2D eigenvalue weighted by Crippen LogP contribution is 2.30. The second-order valence-electron chi connectivity index (χ2n) is 10.9. The Labute approximate surface area is 250 Å². The molecule has 218 valence electrons. The molecule has 1 atom stereocenters. The Morgan fingerprint density at radius 1 is 0.976 bits per heavy atom. The average Bonchev–Trinajstić information content (AvgIpc) is 3.53. The van der Waals surface area contributed by atoms with E-state index >= 15 is 0 Å². The van der Waals surface area contributed by atoms with Crippen molar-refractivity contribution in [3.05, 3.63) is 83.8 Å². The molecule has 0 aliphatic rings. The maximum atomic E-state index is 6.63. The number of aromatic amines is 1. The molecule has 3 N–H and O–H groups in total. The van der Waals surface area contributed by atoms with Gasteiger partial charge in [-0.1, -0.05) is 93.9 Å². The van der Waals surface area contributed by atoms with Crippen LogP contribution in [-0.4, -0.2) is 49.1 Å². The molecule has 41 heavy (non-hydrogen) atoms. The number of nitrogen functional groups attached to an aromatic ring is 1. The van der Waals surface area contributed by atoms with Gasteiger partial charge in [0, 0.05) is 22.9 Å². The molecule has 4 rings (SSSR count). The molecule has 7 nitrogen and oxygen atoms in total. The summed E-state index contributed by atoms with van der Waals surface area (Å²) in [6.07, 6.45) is 6.03. The Morgan fingerprint density at radius 3 is 2.17 bits per heavy atom. The largest absolute Gasteiger partial charge is 0.365 e. The van der Waals surface area contributed by atoms with Crippen molar-refractivity contribution < 1.29 is 0 Å². The van der Waals surface area contributed by atoms with Crippen molar-refractivity contribution in [1.29, 1.82) is 0 Å². The van der Waals surface area contributed by atoms with E-state index in [0.29, 0.717) is 17.7 Å². The van der Waals surface area contributed by atoms with Crippen LogP contribution in [0.4, 0.5) is 0 Å². The number of imidazole rings is 2. The summed E-state index contributed by atoms with van der Waals surface area (Å²) in [5.41, 5.74) is 7.07. The van der Waals surface area contributed by atoms with Gasteiger partial charge in [-0.15, -0.1) is 0 Å². The molecule has 2 heterocycles. The maximum absolute atomic E-state index is 6.63. The predicted octanol–water partition coefficient (Wildman–Crippen LogP) is 7.73. The summed E-state index contributed by atoms with van der Waals surface area (Å²) in [7, 11) is 2.09. The Morgan fingerprint density at radius 2 is 1.59 bits per heavy atom. The topological polar surface area (TPSA) is 79.0 Å². The minimum Gasteiger partial charge on any atom is -0.365 e. The van der Waals surface area contributed by atoms with E-state index in [1.54, 1.807) is 4.68 Å². The molecule has 0 spiro atoms. The molecule has 0 aliphatic carbocycles. The van der Waals surface area contributed by atoms with E-state index < -0.39 is 0 Å². The van der Waals surface area contributed by atoms with Gasteiger partial charge in [-0.3, -0.25) is 4.90 Å². The summed E-state index contributed by atoms with van der Waals surface area (Å²) < 4.78 is 1.69. The van der Waals surface area contributed by atoms with Crippen LogP contribution in [0.15, 0.2) is 67.0 Å². The Kier molecular flexibility index (Phi) is 10.3. The van der Waals surface area contributed by atoms with Crippen LogP contribution in [-0.2, 0) is 13.1 Å². The lowest BCUT2D eigenvalue weighted by atomic mass is 10.0. The molecule has 0 amide bonds. The second-order valence-corrected chi connectivity index (χ2v) is 11.2. The lowest BCUT2D eigenvalue weighted by Crippen LogP contribution is -2.31. The number of nitrogens with zero attached hydrogens (tertiary/aromatic N) is 5. The predicted molar refractivity (Wildman–Crippen MR) is 172 cm³/mol. The number of nitrogens with two attached hydrogens (primary N) is 1. The number of rotatable bonds is 14. The van der Waals surface area contributed by atoms with Crippen LogP contribution in [0.3, 0.4) is 0 Å². The Balaban J connectivity index is 1.48. The molecule has 4 aromatic rings. The smallest absolute Gasteiger partial charge is 0.141 e. The third-order valence-corrected chi connectivity index (χ3v) is 7.93. The van der Waals surface area contributed by atoms with Crippen LogP contribution in [0.5, 0.6) is 0 Å². The van der Waals surface area contributed by atoms with Crippen molar-refractivity contribution in [2.45, 2.75) is 72.5 Å². The maximum Gasteiger partial charge on any atom is 0.141 e. The number of aromatic nitrogens is 4. The number of allylic oxidation sites excluding steroid dienone is 1. The first kappa shape index (κ1) is 30.4. The van der Waals surface area contributed by atoms with Gasteiger partial charge >= 0.3 is 0 Å². The monoisotopic (exact) mass is 573 g/mol. The van der Waals surface area contributed by atoms with E-state index in [9.17, 15) is 0 Å². The van der Waals surface area contributed by atoms with Gasteiger partial charge in [-0.25, -0.2) is 14.6 Å². The van der Waals surface area contributed by atoms with Gasteiger partial charge in [-0.05, 0) is 50.9 Å². The molecule has 0 fully saturated rings. The summed E-state index contributed by atoms with van der Waals surface area (Å²) in [5.74, 6) is 8.10. The summed E-state index contributed by atoms with van der Waals surface area (Å²) in [5, 5.41) is 0.556. The van der Waals surface area contributed by atoms with E-state index in [1.165, 1.54) is 0 Å². The molecular formula is C33H44ClN7. The highest BCUT2D eigenvalue weighted by molar-refractivity contribution is 6.31. The SMILES string of the molecule is C=C(CCC)N(Cc1nc(-c2ccc(-c3ccc(-c4cnc(CN(C)CCC)n4N)cc3)cc2)c(Cl)[nH]1)[C@@H](C)CC. The van der Waals surface area contributed by atoms with Gasteiger partial charge < -0.3 is 15.7 Å². The summed E-state index contributed by atoms with van der Waals surface area (Å²) in [6, 6.07) is 17.2. The van der Waals surface area contributed by atoms with Crippen molar-refractivity contribution in [3.63, 3.8) is 0 Å². The molecule has 0 unspecified atom stereocenters. The first-order chi connectivity index (χ1) is 19.7. The van der Waals surface area contributed by atoms with Gasteiger partial charge in [0.1, 0.15) is 22.5 Å². The van der Waals surface area contributed by atoms with Crippen molar-refractivity contribution in [3.8, 4) is 33.6 Å². The van der Waals surface area contributed by atoms with Crippen LogP contribution in [0.25, 0.3) is 33.6 Å². The number of hydrogen-bond donors (Lipinski definition) is 2. The first-order valence-electron chi connectivity index (χ1n) is 14.7. The third kappa shape index (κ3) is 7.21. The van der Waals surface area contributed by atoms with Gasteiger partial charge in [0.25, 0.3) is 0 Å². The van der Waals surface area contributed by atoms with Crippen molar-refractivity contribution in [2.24, 2.45) is 0 Å². The van der Waals surface area contributed by atoms with Crippen LogP contribution < -0.4 is 5.84 Å². The molecule has 2 aromatic heterocycles. The van der Waals surface area contributed by atoms with Gasteiger partial charge in [-0.2, -0.15) is 0 Å². The van der Waals surface area contributed by atoms with Crippen LogP contribution in [0.1, 0.15) is 65.0 Å². The number of nitrogens with one attached hydrogen (secondary N) is 1. The standard InChI is InChI=1S/C33H44ClN7/c1-7-10-24(5)40(23(4)9-3)21-30-37-32(33(34)38-30)28-17-13-26(14-18-28)25-11-15-27(16-12-25)29-20-36-31(41(29)35)22-39(6)19-8-2/h11-18,20,23H,5,7-10,19,21-22,35H2,1-4,6H3,(H,37,38)/t23-/m0/s1. The van der Waals surface area contributed by atoms with Crippen LogP contribution in [0.2, 0.25) is 5.15 Å². The highest BCUT2D eigenvalue weighted by atomic mass is 35.5. The number of halogens is 1. The first-order valence-corrected chi connectivity index (χ1v) is 15.0. The fraction of sp³-hybridized carbons (Fsp3) is 0.394. The Bertz CT molecular complexity index is 1420. The molecule has 2 aromatic carbocycles. The van der Waals surface area contributed by atoms with E-state index in [-0.39, 0.29) is 0 Å². The summed E-state index contributed by atoms with van der Waals surface area (Å²) in [6.45, 7) is 15.5. The van der Waals surface area contributed by atoms with Gasteiger partial charge in [0.05, 0.1) is 25.0 Å². The fourth-order valence-corrected chi connectivity index (χ4v) is 5.40. The lowest BCUT2D eigenvalue weighted by Gasteiger charge is -2.31. The van der Waals surface area contributed by atoms with Crippen molar-refractivity contribution in [2.75, 3.05) is 19.4 Å². The van der Waals surface area contributed by atoms with Crippen LogP contribution >= 0.6 is 11.6 Å². The third-order valence-electron chi connectivity index (χ3n) is 7.66. The minimum atomic E-state index is 0.381. The number of hydrogen-bond acceptors (Lipinski definition) is 5. The number of benzene rings is 2. The molecule has 8 heteroatoms. The molecule has 0 bridgehead atoms. The molecule has 0 aliphatic heterocycles. The average molecular weight is 574 g/mol. The van der Waals surface area contributed by atoms with Gasteiger partial charge in [0.2, 0.25) is 0 Å². The normalized spacial score (nSPS) is 12.2. The lowest BCUT2D eigenvalue weighted by molar-refractivity contribution is 0.240. The van der Waals surface area contributed by atoms with Crippen LogP contribution in [0, 0.1) is 0 Å². The zero-order chi connectivity index (χ0) is 29.5. The van der Waals surface area contributed by atoms with Gasteiger partial charge in [0.15, 0.2) is 0 Å². The summed E-state index contributed by atoms with van der Waals surface area (Å²) >= 11 is 6.63. The molecule has 0 saturated heterocycles. The minimum absolute atomic E-state index is 0.381. The van der Waals surface area contributed by atoms with E-state index in [2.05, 4.69) is 110 Å². The Hall–Kier alpha value is -3.55. The van der Waals surface area contributed by atoms with E-state index in [4.69, 9.17) is 22.4 Å². The second kappa shape index (κ2) is 13.9. The zero-order valence-electron chi connectivity index (χ0n) is 25.1. The van der Waals surface area contributed by atoms with E-state index in [0.717, 1.165) is 89.8 Å². The van der Waals surface area contributed by atoms with Crippen molar-refractivity contribution in [1.82, 2.24) is 29.4 Å².